The lowest BCUT2D eigenvalue weighted by Gasteiger charge is -2.58. The first-order valence-electron chi connectivity index (χ1n) is 20.8. The van der Waals surface area contributed by atoms with Gasteiger partial charge in [0.2, 0.25) is 0 Å². The van der Waals surface area contributed by atoms with Crippen molar-refractivity contribution in [3.63, 3.8) is 0 Å². The maximum Gasteiger partial charge on any atom is 0.472 e. The van der Waals surface area contributed by atoms with Crippen LogP contribution >= 0.6 is 31.0 Å². The monoisotopic (exact) mass is 860 g/mol. The summed E-state index contributed by atoms with van der Waals surface area (Å²) in [5.41, 5.74) is 1.36. The Labute approximate surface area is 352 Å². The molecule has 3 fully saturated rings. The van der Waals surface area contributed by atoms with E-state index in [1.165, 1.54) is 68.7 Å². The number of aromatic hydroxyl groups is 2. The van der Waals surface area contributed by atoms with Gasteiger partial charge in [-0.05, 0) is 145 Å². The fraction of sp³-hybridized carbons (Fsp3) is 0.600. The van der Waals surface area contributed by atoms with Gasteiger partial charge in [-0.15, -0.1) is 0 Å². The molecule has 0 heterocycles. The van der Waals surface area contributed by atoms with Crippen LogP contribution in [-0.4, -0.2) is 50.0 Å². The zero-order chi connectivity index (χ0) is 42.3. The van der Waals surface area contributed by atoms with Crippen molar-refractivity contribution >= 4 is 48.5 Å². The maximum atomic E-state index is 13.3. The van der Waals surface area contributed by atoms with Crippen molar-refractivity contribution in [3.8, 4) is 11.5 Å². The van der Waals surface area contributed by atoms with Crippen molar-refractivity contribution in [2.75, 3.05) is 6.61 Å². The van der Waals surface area contributed by atoms with E-state index in [-0.39, 0.29) is 45.2 Å². The summed E-state index contributed by atoms with van der Waals surface area (Å²) in [6, 6.07) is 4.90. The van der Waals surface area contributed by atoms with E-state index in [1.54, 1.807) is 0 Å². The van der Waals surface area contributed by atoms with Crippen molar-refractivity contribution in [1.82, 2.24) is 0 Å². The number of halogens is 2. The van der Waals surface area contributed by atoms with Crippen LogP contribution in [0.4, 0.5) is 0 Å². The lowest BCUT2D eigenvalue weighted by molar-refractivity contribution is -0.0573. The molecule has 9 atom stereocenters. The summed E-state index contributed by atoms with van der Waals surface area (Å²) in [5.74, 6) is 0.112. The Morgan fingerprint density at radius 1 is 0.897 bits per heavy atom. The van der Waals surface area contributed by atoms with Gasteiger partial charge < -0.3 is 25.3 Å². The second-order valence-electron chi connectivity index (χ2n) is 18.3. The molecule has 5 unspecified atom stereocenters. The summed E-state index contributed by atoms with van der Waals surface area (Å²) in [5, 5.41) is 39.3. The second-order valence-corrected chi connectivity index (χ2v) is 20.5. The number of phosphoric acid groups is 1. The zero-order valence-corrected chi connectivity index (χ0v) is 36.6. The molecular weight excluding hydrogens is 802 g/mol. The predicted octanol–water partition coefficient (Wildman–Crippen LogP) is 12.2. The van der Waals surface area contributed by atoms with Crippen LogP contribution in [0.15, 0.2) is 42.0 Å². The number of fused-ring (bicyclic) bond motifs is 5. The Balaban J connectivity index is 1.12. The van der Waals surface area contributed by atoms with E-state index in [4.69, 9.17) is 32.2 Å². The number of phenols is 2. The molecule has 0 bridgehead atoms. The number of rotatable bonds is 15. The van der Waals surface area contributed by atoms with Crippen LogP contribution in [0.5, 0.6) is 11.5 Å². The molecule has 0 spiro atoms. The number of phosphoric ester groups is 1. The van der Waals surface area contributed by atoms with Crippen LogP contribution in [-0.2, 0) is 13.6 Å². The van der Waals surface area contributed by atoms with Gasteiger partial charge in [-0.1, -0.05) is 94.8 Å². The van der Waals surface area contributed by atoms with Gasteiger partial charge in [0, 0.05) is 0 Å². The third kappa shape index (κ3) is 9.08. The molecule has 0 aliphatic heterocycles. The van der Waals surface area contributed by atoms with E-state index in [9.17, 15) is 39.5 Å². The van der Waals surface area contributed by atoms with Crippen molar-refractivity contribution < 1.29 is 48.5 Å². The van der Waals surface area contributed by atoms with E-state index in [0.717, 1.165) is 48.6 Å². The fourth-order valence-electron chi connectivity index (χ4n) is 11.6. The first-order valence-corrected chi connectivity index (χ1v) is 23.1. The van der Waals surface area contributed by atoms with Gasteiger partial charge in [0.05, 0.1) is 22.8 Å². The Bertz CT molecular complexity index is 1940. The molecule has 5 N–H and O–H groups in total. The molecular formula is C45H59Cl2O10P. The minimum Gasteiger partial charge on any atom is -0.505 e. The SMILES string of the molecule is CC(C)CCCC(C)[C@H]1CCC2C3CC=C4C[C@@H](OP(=O)(O)OCCC=C(c5cc(Cl)c(O)c(C(=O)O)c5)c5cc(Cl)c(O)c(C(=O)O)c5)CC[C@]4(C)C3CC[C@@]21C. The highest BCUT2D eigenvalue weighted by molar-refractivity contribution is 7.47. The Kier molecular flexibility index (Phi) is 13.6. The van der Waals surface area contributed by atoms with E-state index in [2.05, 4.69) is 40.7 Å². The number of carbonyl (C=O) groups is 2. The molecule has 6 rings (SSSR count). The number of benzene rings is 2. The topological polar surface area (TPSA) is 171 Å². The smallest absolute Gasteiger partial charge is 0.472 e. The lowest BCUT2D eigenvalue weighted by atomic mass is 9.47. The van der Waals surface area contributed by atoms with Crippen molar-refractivity contribution in [3.05, 3.63) is 74.3 Å². The third-order valence-electron chi connectivity index (χ3n) is 14.5. The standard InChI is InChI=1S/C45H59Cl2O10P/c1-25(2)8-6-9-26(3)35-13-14-36-32-12-11-29-24-30(15-17-44(29,4)37(32)16-18-45(35,36)5)57-58(54,55)56-19-7-10-31(27-20-33(42(50)51)40(48)38(46)22-27)28-21-34(43(52)53)41(49)39(47)23-28/h10-11,20-23,25-26,30,32,35-37,48-49H,6-9,12-19,24H2,1-5H3,(H,50,51)(H,52,53)(H,54,55)/t26?,30-,32?,35+,36?,37?,44-,45+/m0/s1. The van der Waals surface area contributed by atoms with Crippen molar-refractivity contribution in [1.29, 1.82) is 0 Å². The summed E-state index contributed by atoms with van der Waals surface area (Å²) in [4.78, 5) is 34.6. The average molecular weight is 862 g/mol. The van der Waals surface area contributed by atoms with Gasteiger partial charge >= 0.3 is 19.8 Å². The van der Waals surface area contributed by atoms with Crippen LogP contribution < -0.4 is 0 Å². The number of hydrogen-bond acceptors (Lipinski definition) is 7. The summed E-state index contributed by atoms with van der Waals surface area (Å²) in [6.07, 6.45) is 15.8. The average Bonchev–Trinajstić information content (AvgIpc) is 3.51. The van der Waals surface area contributed by atoms with E-state index < -0.39 is 48.5 Å². The first kappa shape index (κ1) is 44.7. The summed E-state index contributed by atoms with van der Waals surface area (Å²) < 4.78 is 24.6. The van der Waals surface area contributed by atoms with Crippen LogP contribution in [0, 0.1) is 46.3 Å². The minimum absolute atomic E-state index is 0.000328. The van der Waals surface area contributed by atoms with Gasteiger partial charge in [0.15, 0.2) is 0 Å². The van der Waals surface area contributed by atoms with Gasteiger partial charge in [0.1, 0.15) is 22.6 Å². The van der Waals surface area contributed by atoms with Crippen LogP contribution in [0.1, 0.15) is 144 Å². The molecule has 4 aliphatic carbocycles. The molecule has 3 saturated carbocycles. The number of carboxylic acids is 2. The highest BCUT2D eigenvalue weighted by atomic mass is 35.5. The van der Waals surface area contributed by atoms with Crippen LogP contribution in [0.25, 0.3) is 5.57 Å². The highest BCUT2D eigenvalue weighted by Crippen LogP contribution is 2.68. The third-order valence-corrected chi connectivity index (χ3v) is 16.1. The zero-order valence-electron chi connectivity index (χ0n) is 34.2. The molecule has 4 aliphatic rings. The number of hydrogen-bond donors (Lipinski definition) is 5. The Morgan fingerprint density at radius 2 is 1.52 bits per heavy atom. The second kappa shape index (κ2) is 17.6. The molecule has 2 aromatic rings. The van der Waals surface area contributed by atoms with Crippen LogP contribution in [0.3, 0.4) is 0 Å². The summed E-state index contributed by atoms with van der Waals surface area (Å²) in [7, 11) is -4.51. The molecule has 2 aromatic carbocycles. The summed E-state index contributed by atoms with van der Waals surface area (Å²) in [6.45, 7) is 11.9. The number of carboxylic acid groups (broad SMARTS) is 2. The minimum atomic E-state index is -4.51. The Hall–Kier alpha value is -2.85. The van der Waals surface area contributed by atoms with Crippen molar-refractivity contribution in [2.24, 2.45) is 46.3 Å². The lowest BCUT2D eigenvalue weighted by Crippen LogP contribution is -2.51. The van der Waals surface area contributed by atoms with Crippen molar-refractivity contribution in [2.45, 2.75) is 118 Å². The van der Waals surface area contributed by atoms with E-state index in [0.29, 0.717) is 30.1 Å². The molecule has 0 aromatic heterocycles. The fourth-order valence-corrected chi connectivity index (χ4v) is 13.0. The van der Waals surface area contributed by atoms with Gasteiger partial charge in [0.25, 0.3) is 0 Å². The first-order chi connectivity index (χ1) is 27.3. The van der Waals surface area contributed by atoms with E-state index >= 15 is 0 Å². The van der Waals surface area contributed by atoms with E-state index in [1.807, 2.05) is 0 Å². The molecule has 58 heavy (non-hydrogen) atoms. The van der Waals surface area contributed by atoms with Crippen LogP contribution in [0.2, 0.25) is 10.0 Å². The molecule has 13 heteroatoms. The number of aromatic carboxylic acids is 2. The molecule has 0 radical (unpaired) electrons. The normalized spacial score (nSPS) is 29.4. The molecule has 0 saturated heterocycles. The van der Waals surface area contributed by atoms with Gasteiger partial charge in [-0.3, -0.25) is 9.05 Å². The molecule has 0 amide bonds. The number of allylic oxidation sites excluding steroid dienone is 1. The quantitative estimate of drug-likeness (QED) is 0.0659. The molecule has 318 valence electrons. The van der Waals surface area contributed by atoms with Gasteiger partial charge in [-0.25, -0.2) is 14.2 Å². The van der Waals surface area contributed by atoms with Gasteiger partial charge in [-0.2, -0.15) is 0 Å². The largest absolute Gasteiger partial charge is 0.505 e. The highest BCUT2D eigenvalue weighted by Gasteiger charge is 2.59. The maximum absolute atomic E-state index is 13.3. The predicted molar refractivity (Wildman–Crippen MR) is 226 cm³/mol. The Morgan fingerprint density at radius 3 is 2.10 bits per heavy atom. The molecule has 10 nitrogen and oxygen atoms in total. The summed E-state index contributed by atoms with van der Waals surface area (Å²) >= 11 is 12.4.